The van der Waals surface area contributed by atoms with Crippen molar-refractivity contribution in [2.75, 3.05) is 0 Å². The third-order valence-corrected chi connectivity index (χ3v) is 22.2. The lowest BCUT2D eigenvalue weighted by Gasteiger charge is -2.10. The van der Waals surface area contributed by atoms with Gasteiger partial charge in [-0.2, -0.15) is 0 Å². The topological polar surface area (TPSA) is 116 Å². The number of hydrogen-bond acceptors (Lipinski definition) is 9. The fourth-order valence-electron chi connectivity index (χ4n) is 15.4. The first-order valence-electron chi connectivity index (χ1n) is 42.0. The summed E-state index contributed by atoms with van der Waals surface area (Å²) in [5.41, 5.74) is 23.5. The largest absolute Gasteiger partial charge is 0.208 e. The van der Waals surface area contributed by atoms with Gasteiger partial charge in [-0.1, -0.05) is 364 Å². The Labute approximate surface area is 746 Å². The molecule has 21 aromatic rings. The summed E-state index contributed by atoms with van der Waals surface area (Å²) in [6, 6.07) is 139. The lowest BCUT2D eigenvalue weighted by Crippen LogP contribution is -2.00. The Hall–Kier alpha value is -17.2. The predicted octanol–water partition coefficient (Wildman–Crippen LogP) is 29.9. The second-order valence-corrected chi connectivity index (χ2v) is 30.9. The molecule has 0 spiro atoms. The van der Waals surface area contributed by atoms with E-state index in [1.807, 2.05) is 109 Å². The lowest BCUT2D eigenvalue weighted by molar-refractivity contribution is 0.627. The predicted molar refractivity (Wildman–Crippen MR) is 509 cm³/mol. The van der Waals surface area contributed by atoms with Crippen molar-refractivity contribution in [3.63, 3.8) is 0 Å². The van der Waals surface area contributed by atoms with E-state index < -0.39 is 23.3 Å². The van der Waals surface area contributed by atoms with E-state index in [1.165, 1.54) is 111 Å². The second-order valence-electron chi connectivity index (χ2n) is 30.9. The average molecular weight is 1690 g/mol. The molecule has 0 amide bonds. The zero-order valence-electron chi connectivity index (χ0n) is 69.4. The van der Waals surface area contributed by atoms with Crippen molar-refractivity contribution in [1.82, 2.24) is 44.9 Å². The molecule has 18 aromatic carbocycles. The molecule has 3 heterocycles. The summed E-state index contributed by atoms with van der Waals surface area (Å²) >= 11 is 0. The summed E-state index contributed by atoms with van der Waals surface area (Å²) in [5.74, 6) is 0.768. The van der Waals surface area contributed by atoms with Gasteiger partial charge in [-0.15, -0.1) is 0 Å². The van der Waals surface area contributed by atoms with Crippen LogP contribution in [0.5, 0.6) is 0 Å². The van der Waals surface area contributed by atoms with Crippen LogP contribution in [0.15, 0.2) is 443 Å². The van der Waals surface area contributed by atoms with E-state index in [0.29, 0.717) is 85.8 Å². The zero-order valence-corrected chi connectivity index (χ0v) is 69.4. The van der Waals surface area contributed by atoms with Crippen molar-refractivity contribution in [2.45, 2.75) is 0 Å². The molecule has 130 heavy (non-hydrogen) atoms. The Kier molecular flexibility index (Phi) is 23.9. The molecule has 0 aliphatic heterocycles. The van der Waals surface area contributed by atoms with E-state index in [9.17, 15) is 26.3 Å². The summed E-state index contributed by atoms with van der Waals surface area (Å²) in [5, 5.41) is 2.47. The highest BCUT2D eigenvalue weighted by atomic mass is 19.1. The fourth-order valence-corrected chi connectivity index (χ4v) is 15.4. The van der Waals surface area contributed by atoms with Gasteiger partial charge < -0.3 is 0 Å². The van der Waals surface area contributed by atoms with Crippen LogP contribution in [-0.4, -0.2) is 44.9 Å². The van der Waals surface area contributed by atoms with E-state index in [0.717, 1.165) is 77.9 Å². The van der Waals surface area contributed by atoms with Gasteiger partial charge in [0.25, 0.3) is 0 Å². The van der Waals surface area contributed by atoms with Crippen LogP contribution in [0.4, 0.5) is 26.3 Å². The Morgan fingerprint density at radius 1 is 0.100 bits per heavy atom. The third kappa shape index (κ3) is 19.4. The first-order chi connectivity index (χ1) is 63.8. The summed E-state index contributed by atoms with van der Waals surface area (Å²) < 4.78 is 84.2. The second kappa shape index (κ2) is 37.7. The fraction of sp³-hybridized carbons (Fsp3) is 0. The van der Waals surface area contributed by atoms with Crippen molar-refractivity contribution in [3.8, 4) is 192 Å². The molecule has 0 unspecified atom stereocenters. The molecule has 9 nitrogen and oxygen atoms in total. The highest BCUT2D eigenvalue weighted by Crippen LogP contribution is 2.37. The maximum atomic E-state index is 14.1. The van der Waals surface area contributed by atoms with Crippen LogP contribution in [0.2, 0.25) is 0 Å². The van der Waals surface area contributed by atoms with E-state index in [-0.39, 0.29) is 11.6 Å². The van der Waals surface area contributed by atoms with Crippen LogP contribution in [0.1, 0.15) is 0 Å². The van der Waals surface area contributed by atoms with Crippen LogP contribution in [0.3, 0.4) is 0 Å². The van der Waals surface area contributed by atoms with Crippen molar-refractivity contribution >= 4 is 10.8 Å². The van der Waals surface area contributed by atoms with Gasteiger partial charge in [-0.3, -0.25) is 0 Å². The van der Waals surface area contributed by atoms with Gasteiger partial charge in [-0.25, -0.2) is 71.2 Å². The van der Waals surface area contributed by atoms with Crippen molar-refractivity contribution < 1.29 is 26.3 Å². The van der Waals surface area contributed by atoms with Crippen LogP contribution in [0.25, 0.3) is 202 Å². The standard InChI is InChI=1S/C43H27F2N3.C39H25F2N3.C33H21F2N3/c44-39-9-3-7-37(26-39)42-46-41(47-43(48-42)38-8-4-10-40(45)27-38)34-22-19-32(20-23-34)30-13-11-29(12-14-30)31-15-17-33(18-16-31)36-24-21-28-5-1-2-6-35(28)25-36;40-35-10-4-8-33(24-35)38-42-37(43-39(44-38)34-9-5-11-36(41)25-34)32-22-20-31(21-23-32)30-18-16-29(17-19-30)28-14-12-27(13-15-28)26-6-2-1-3-7-26;34-29-10-4-8-27(20-29)32-36-31(37-33(38-32)28-9-5-11-30(35)21-28)26-18-16-25(17-19-26)24-14-12-23(13-15-24)22-6-2-1-3-7-22/h1-27H;1-25H;1-21H. The highest BCUT2D eigenvalue weighted by molar-refractivity contribution is 5.88. The Balaban J connectivity index is 0.000000127. The number of hydrogen-bond donors (Lipinski definition) is 0. The molecule has 0 aliphatic carbocycles. The summed E-state index contributed by atoms with van der Waals surface area (Å²) in [7, 11) is 0. The molecule has 0 atom stereocenters. The molecular weight excluding hydrogens is 1620 g/mol. The highest BCUT2D eigenvalue weighted by Gasteiger charge is 2.20. The van der Waals surface area contributed by atoms with E-state index >= 15 is 0 Å². The number of halogens is 6. The number of aromatic nitrogens is 9. The maximum Gasteiger partial charge on any atom is 0.164 e. The molecule has 0 N–H and O–H groups in total. The maximum absolute atomic E-state index is 14.1. The molecule has 21 rings (SSSR count). The molecule has 0 radical (unpaired) electrons. The molecule has 0 saturated carbocycles. The zero-order chi connectivity index (χ0) is 88.2. The smallest absolute Gasteiger partial charge is 0.164 e. The molecule has 0 aliphatic rings. The van der Waals surface area contributed by atoms with Crippen LogP contribution >= 0.6 is 0 Å². The quantitative estimate of drug-likeness (QED) is 0.0822. The summed E-state index contributed by atoms with van der Waals surface area (Å²) in [4.78, 5) is 41.5. The Morgan fingerprint density at radius 3 is 0.446 bits per heavy atom. The van der Waals surface area contributed by atoms with Crippen LogP contribution in [-0.2, 0) is 0 Å². The minimum absolute atomic E-state index is 0.309. The molecular formula is C115H73F6N9. The average Bonchev–Trinajstić information content (AvgIpc) is 0.800. The van der Waals surface area contributed by atoms with Crippen LogP contribution in [0, 0.1) is 34.9 Å². The number of nitrogens with zero attached hydrogens (tertiary/aromatic N) is 9. The minimum Gasteiger partial charge on any atom is -0.208 e. The first-order valence-corrected chi connectivity index (χ1v) is 42.0. The minimum atomic E-state index is -0.393. The molecule has 0 saturated heterocycles. The molecule has 3 aromatic heterocycles. The Morgan fingerprint density at radius 2 is 0.246 bits per heavy atom. The lowest BCUT2D eigenvalue weighted by atomic mass is 9.97. The first kappa shape index (κ1) is 82.4. The van der Waals surface area contributed by atoms with Gasteiger partial charge in [0.15, 0.2) is 52.4 Å². The number of fused-ring (bicyclic) bond motifs is 1. The monoisotopic (exact) mass is 1690 g/mol. The summed E-state index contributed by atoms with van der Waals surface area (Å²) in [6.45, 7) is 0. The molecule has 15 heteroatoms. The van der Waals surface area contributed by atoms with Crippen molar-refractivity contribution in [3.05, 3.63) is 478 Å². The van der Waals surface area contributed by atoms with Crippen LogP contribution < -0.4 is 0 Å². The molecule has 620 valence electrons. The normalized spacial score (nSPS) is 11.0. The number of rotatable bonds is 17. The Bertz CT molecular complexity index is 7420. The molecule has 0 fully saturated rings. The molecule has 0 bridgehead atoms. The van der Waals surface area contributed by atoms with Gasteiger partial charge in [0.1, 0.15) is 34.9 Å². The SMILES string of the molecule is Fc1cccc(-c2nc(-c3ccc(-c4ccc(-c5ccc(-c6ccc7ccccc7c6)cc5)cc4)cc3)nc(-c3cccc(F)c3)n2)c1.Fc1cccc(-c2nc(-c3ccc(-c4ccc(-c5ccc(-c6ccccc6)cc5)cc4)cc3)nc(-c3cccc(F)c3)n2)c1.Fc1cccc(-c2nc(-c3ccc(-c4ccc(-c5ccccc5)cc4)cc3)nc(-c3cccc(F)c3)n2)c1. The third-order valence-electron chi connectivity index (χ3n) is 22.2. The van der Waals surface area contributed by atoms with E-state index in [4.69, 9.17) is 0 Å². The van der Waals surface area contributed by atoms with Gasteiger partial charge >= 0.3 is 0 Å². The van der Waals surface area contributed by atoms with Gasteiger partial charge in [-0.05, 0) is 179 Å². The van der Waals surface area contributed by atoms with E-state index in [2.05, 4.69) is 233 Å². The van der Waals surface area contributed by atoms with Gasteiger partial charge in [0, 0.05) is 50.1 Å². The van der Waals surface area contributed by atoms with E-state index in [1.54, 1.807) is 72.8 Å². The summed E-state index contributed by atoms with van der Waals surface area (Å²) in [6.07, 6.45) is 0. The van der Waals surface area contributed by atoms with Gasteiger partial charge in [0.2, 0.25) is 0 Å². The van der Waals surface area contributed by atoms with Crippen molar-refractivity contribution in [2.24, 2.45) is 0 Å². The number of benzene rings is 18. The van der Waals surface area contributed by atoms with Gasteiger partial charge in [0.05, 0.1) is 0 Å². The van der Waals surface area contributed by atoms with Crippen molar-refractivity contribution in [1.29, 1.82) is 0 Å².